The van der Waals surface area contributed by atoms with Crippen molar-refractivity contribution in [2.45, 2.75) is 159 Å². The molecule has 0 saturated heterocycles. The molecule has 2 N–H and O–H groups in total. The van der Waals surface area contributed by atoms with Gasteiger partial charge in [-0.2, -0.15) is 0 Å². The Hall–Kier alpha value is -5.72. The summed E-state index contributed by atoms with van der Waals surface area (Å²) in [5.41, 5.74) is 27.7. The standard InChI is InChI=1S/C64H76N4OS/c1-40-34-43(4)59(44(5)35-40)62-53-27-25-51(65-53)50(24-22-20-18-16-14-12-11-13-15-17-19-21-23-33-70-49(10)69)52-26-28-54(66-52)63(60-45(6)36-41(2)37-46(60)7)56-30-32-58(68-56)64(57-31-29-55(62)67-57)61-47(8)38-42(3)39-48(61)9/h25-32,34-39,65,68H,11-24,33H2,1-10H3. The molecule has 0 aliphatic carbocycles. The van der Waals surface area contributed by atoms with Crippen LogP contribution >= 0.6 is 11.8 Å². The molecule has 5 nitrogen and oxygen atoms in total. The predicted octanol–water partition coefficient (Wildman–Crippen LogP) is 18.3. The molecule has 8 rings (SSSR count). The first kappa shape index (κ1) is 50.7. The Kier molecular flexibility index (Phi) is 16.7. The van der Waals surface area contributed by atoms with E-state index in [9.17, 15) is 4.79 Å². The van der Waals surface area contributed by atoms with Crippen molar-refractivity contribution in [2.24, 2.45) is 0 Å². The van der Waals surface area contributed by atoms with Crippen LogP contribution in [-0.2, 0) is 11.2 Å². The van der Waals surface area contributed by atoms with E-state index in [-0.39, 0.29) is 5.12 Å². The number of hydrogen-bond donors (Lipinski definition) is 2. The molecule has 70 heavy (non-hydrogen) atoms. The lowest BCUT2D eigenvalue weighted by molar-refractivity contribution is -0.109. The monoisotopic (exact) mass is 949 g/mol. The van der Waals surface area contributed by atoms with Gasteiger partial charge in [0.2, 0.25) is 0 Å². The number of H-pyrrole nitrogens is 2. The lowest BCUT2D eigenvalue weighted by Gasteiger charge is -2.14. The minimum absolute atomic E-state index is 0.243. The second-order valence-electron chi connectivity index (χ2n) is 20.6. The van der Waals surface area contributed by atoms with E-state index in [2.05, 4.69) is 157 Å². The number of benzene rings is 3. The van der Waals surface area contributed by atoms with Crippen molar-refractivity contribution in [3.05, 3.63) is 139 Å². The molecule has 0 saturated carbocycles. The molecule has 0 spiro atoms. The van der Waals surface area contributed by atoms with Crippen molar-refractivity contribution < 1.29 is 4.79 Å². The van der Waals surface area contributed by atoms with Gasteiger partial charge in [-0.1, -0.05) is 135 Å². The molecule has 0 fully saturated rings. The Morgan fingerprint density at radius 3 is 1.07 bits per heavy atom. The number of fused-ring (bicyclic) bond motifs is 8. The molecule has 6 heteroatoms. The predicted molar refractivity (Wildman–Crippen MR) is 305 cm³/mol. The van der Waals surface area contributed by atoms with Gasteiger partial charge in [-0.05, 0) is 180 Å². The summed E-state index contributed by atoms with van der Waals surface area (Å²) in [4.78, 5) is 30.5. The number of hydrogen-bond acceptors (Lipinski definition) is 4. The van der Waals surface area contributed by atoms with Gasteiger partial charge in [-0.3, -0.25) is 4.79 Å². The molecule has 2 aliphatic rings. The smallest absolute Gasteiger partial charge is 0.185 e. The number of carbonyl (C=O) groups is 1. The summed E-state index contributed by atoms with van der Waals surface area (Å²) in [6.07, 6.45) is 26.5. The van der Waals surface area contributed by atoms with E-state index in [0.29, 0.717) is 0 Å². The average Bonchev–Trinajstić information content (AvgIpc) is 4.14. The highest BCUT2D eigenvalue weighted by Gasteiger charge is 2.22. The number of nitrogens with one attached hydrogen (secondary N) is 2. The van der Waals surface area contributed by atoms with E-state index in [0.717, 1.165) is 86.5 Å². The van der Waals surface area contributed by atoms with Crippen LogP contribution in [0.2, 0.25) is 0 Å². The molecule has 0 amide bonds. The van der Waals surface area contributed by atoms with Crippen molar-refractivity contribution in [3.8, 4) is 33.4 Å². The van der Waals surface area contributed by atoms with Crippen molar-refractivity contribution in [3.63, 3.8) is 0 Å². The second-order valence-corrected chi connectivity index (χ2v) is 21.9. The highest BCUT2D eigenvalue weighted by atomic mass is 32.2. The molecular weight excluding hydrogens is 873 g/mol. The number of nitrogens with zero attached hydrogens (tertiary/aromatic N) is 2. The van der Waals surface area contributed by atoms with Gasteiger partial charge in [0.1, 0.15) is 0 Å². The summed E-state index contributed by atoms with van der Waals surface area (Å²) in [5, 5.41) is 0.243. The third-order valence-electron chi connectivity index (χ3n) is 14.5. The van der Waals surface area contributed by atoms with Crippen LogP contribution < -0.4 is 0 Å². The molecule has 3 aromatic heterocycles. The molecule has 8 bridgehead atoms. The fourth-order valence-corrected chi connectivity index (χ4v) is 12.2. The van der Waals surface area contributed by atoms with Gasteiger partial charge in [0, 0.05) is 57.0 Å². The molecule has 5 heterocycles. The third kappa shape index (κ3) is 11.7. The Morgan fingerprint density at radius 2 is 0.700 bits per heavy atom. The maximum atomic E-state index is 11.2. The first-order valence-electron chi connectivity index (χ1n) is 26.3. The quantitative estimate of drug-likeness (QED) is 0.0792. The molecule has 0 atom stereocenters. The first-order chi connectivity index (χ1) is 33.8. The van der Waals surface area contributed by atoms with E-state index in [1.807, 2.05) is 0 Å². The maximum Gasteiger partial charge on any atom is 0.185 e. The molecule has 6 aromatic rings. The highest BCUT2D eigenvalue weighted by molar-refractivity contribution is 8.13. The minimum Gasteiger partial charge on any atom is -0.355 e. The second kappa shape index (κ2) is 23.0. The number of rotatable bonds is 19. The van der Waals surface area contributed by atoms with Crippen molar-refractivity contribution in [2.75, 3.05) is 5.75 Å². The van der Waals surface area contributed by atoms with Crippen LogP contribution in [0.5, 0.6) is 0 Å². The van der Waals surface area contributed by atoms with E-state index < -0.39 is 0 Å². The summed E-state index contributed by atoms with van der Waals surface area (Å²) in [7, 11) is 0. The van der Waals surface area contributed by atoms with Crippen molar-refractivity contribution in [1.82, 2.24) is 19.9 Å². The van der Waals surface area contributed by atoms with Gasteiger partial charge in [-0.25, -0.2) is 9.97 Å². The van der Waals surface area contributed by atoms with Gasteiger partial charge < -0.3 is 9.97 Å². The number of unbranched alkanes of at least 4 members (excludes halogenated alkanes) is 12. The summed E-state index contributed by atoms with van der Waals surface area (Å²) in [6.45, 7) is 21.7. The summed E-state index contributed by atoms with van der Waals surface area (Å²) in [5.74, 6) is 0.979. The normalized spacial score (nSPS) is 12.1. The topological polar surface area (TPSA) is 74.4 Å². The van der Waals surface area contributed by atoms with Crippen LogP contribution in [-0.4, -0.2) is 30.8 Å². The molecule has 3 aromatic carbocycles. The van der Waals surface area contributed by atoms with Crippen LogP contribution in [0, 0.1) is 62.3 Å². The van der Waals surface area contributed by atoms with Gasteiger partial charge >= 0.3 is 0 Å². The third-order valence-corrected chi connectivity index (χ3v) is 15.4. The largest absolute Gasteiger partial charge is 0.355 e. The van der Waals surface area contributed by atoms with Gasteiger partial charge in [0.25, 0.3) is 0 Å². The Bertz CT molecular complexity index is 3010. The van der Waals surface area contributed by atoms with Crippen LogP contribution in [0.15, 0.2) is 60.7 Å². The van der Waals surface area contributed by atoms with Gasteiger partial charge in [-0.15, -0.1) is 0 Å². The summed E-state index contributed by atoms with van der Waals surface area (Å²) in [6, 6.07) is 22.9. The number of thioether (sulfide) groups is 1. The molecule has 2 aliphatic heterocycles. The average molecular weight is 949 g/mol. The lowest BCUT2D eigenvalue weighted by Crippen LogP contribution is -1.96. The fraction of sp³-hybridized carbons (Fsp3) is 0.391. The molecular formula is C64H76N4OS. The SMILES string of the molecule is CC(=O)SCCCCCCCCCCCCCCCc1c2nc(c(-c3c(C)cc(C)cc3C)c3ccc([nH]3)c(-c3c(C)cc(C)cc3C)c3nc(c(-c4c(C)cc(C)cc4C)c4ccc1[nH]4)C=C3)C=C2. The number of aryl methyl sites for hydroxylation is 10. The van der Waals surface area contributed by atoms with E-state index >= 15 is 0 Å². The summed E-state index contributed by atoms with van der Waals surface area (Å²) >= 11 is 1.47. The minimum atomic E-state index is 0.243. The number of carbonyl (C=O) groups excluding carboxylic acids is 1. The van der Waals surface area contributed by atoms with Crippen LogP contribution in [0.4, 0.5) is 0 Å². The number of aromatic nitrogens is 4. The van der Waals surface area contributed by atoms with Crippen LogP contribution in [0.1, 0.15) is 169 Å². The van der Waals surface area contributed by atoms with Crippen molar-refractivity contribution in [1.29, 1.82) is 0 Å². The van der Waals surface area contributed by atoms with E-state index in [1.54, 1.807) is 6.92 Å². The fourth-order valence-electron chi connectivity index (χ4n) is 11.6. The Morgan fingerprint density at radius 1 is 0.400 bits per heavy atom. The van der Waals surface area contributed by atoms with Crippen LogP contribution in [0.3, 0.4) is 0 Å². The van der Waals surface area contributed by atoms with Crippen LogP contribution in [0.25, 0.3) is 79.8 Å². The van der Waals surface area contributed by atoms with Crippen molar-refractivity contribution >= 4 is 63.2 Å². The molecule has 0 radical (unpaired) electrons. The van der Waals surface area contributed by atoms with E-state index in [4.69, 9.17) is 9.97 Å². The lowest BCUT2D eigenvalue weighted by atomic mass is 9.92. The zero-order chi connectivity index (χ0) is 49.5. The van der Waals surface area contributed by atoms with Gasteiger partial charge in [0.05, 0.1) is 22.8 Å². The zero-order valence-electron chi connectivity index (χ0n) is 43.9. The first-order valence-corrected chi connectivity index (χ1v) is 27.3. The molecule has 364 valence electrons. The number of aromatic amines is 2. The highest BCUT2D eigenvalue weighted by Crippen LogP contribution is 2.41. The molecule has 0 unspecified atom stereocenters. The maximum absolute atomic E-state index is 11.2. The van der Waals surface area contributed by atoms with Gasteiger partial charge in [0.15, 0.2) is 5.12 Å². The van der Waals surface area contributed by atoms with E-state index in [1.165, 1.54) is 155 Å². The zero-order valence-corrected chi connectivity index (χ0v) is 44.7. The Labute approximate surface area is 423 Å². The summed E-state index contributed by atoms with van der Waals surface area (Å²) < 4.78 is 0. The Balaban J connectivity index is 1.21.